The van der Waals surface area contributed by atoms with Gasteiger partial charge in [0.1, 0.15) is 11.6 Å². The molecule has 0 aliphatic carbocycles. The minimum Gasteiger partial charge on any atom is -0.464 e. The summed E-state index contributed by atoms with van der Waals surface area (Å²) in [6.45, 7) is 8.31. The van der Waals surface area contributed by atoms with Gasteiger partial charge in [-0.05, 0) is 20.3 Å². The maximum absolute atomic E-state index is 5.41. The smallest absolute Gasteiger partial charge is 0.321 e. The molecule has 0 spiro atoms. The molecule has 114 valence electrons. The van der Waals surface area contributed by atoms with Crippen molar-refractivity contribution in [1.29, 1.82) is 0 Å². The predicted molar refractivity (Wildman–Crippen MR) is 80.5 cm³/mol. The maximum atomic E-state index is 5.41. The van der Waals surface area contributed by atoms with Gasteiger partial charge in [-0.1, -0.05) is 6.92 Å². The molecule has 0 aliphatic heterocycles. The van der Waals surface area contributed by atoms with Crippen LogP contribution in [-0.2, 0) is 13.0 Å². The van der Waals surface area contributed by atoms with Crippen LogP contribution in [0.3, 0.4) is 0 Å². The van der Waals surface area contributed by atoms with E-state index in [1.54, 1.807) is 6.20 Å². The Morgan fingerprint density at radius 3 is 2.76 bits per heavy atom. The average Bonchev–Trinajstić information content (AvgIpc) is 2.92. The second-order valence-corrected chi connectivity index (χ2v) is 4.52. The zero-order chi connectivity index (χ0) is 15.1. The molecule has 0 radical (unpaired) electrons. The van der Waals surface area contributed by atoms with E-state index in [-0.39, 0.29) is 0 Å². The Morgan fingerprint density at radius 2 is 2.05 bits per heavy atom. The van der Waals surface area contributed by atoms with Crippen LogP contribution in [-0.4, -0.2) is 37.7 Å². The highest BCUT2D eigenvalue weighted by Crippen LogP contribution is 2.11. The fourth-order valence-electron chi connectivity index (χ4n) is 1.92. The quantitative estimate of drug-likeness (QED) is 0.800. The molecule has 1 N–H and O–H groups in total. The number of nitrogens with zero attached hydrogens (tertiary/aromatic N) is 5. The molecule has 0 saturated carbocycles. The number of rotatable bonds is 8. The molecule has 0 bridgehead atoms. The van der Waals surface area contributed by atoms with E-state index in [2.05, 4.69) is 43.7 Å². The van der Waals surface area contributed by atoms with Gasteiger partial charge in [-0.15, -0.1) is 0 Å². The Labute approximate surface area is 124 Å². The average molecular weight is 290 g/mol. The van der Waals surface area contributed by atoms with Crippen molar-refractivity contribution >= 4 is 5.95 Å². The number of nitrogens with one attached hydrogen (secondary N) is 1. The minimum atomic E-state index is 0.357. The summed E-state index contributed by atoms with van der Waals surface area (Å²) < 4.78 is 7.49. The monoisotopic (exact) mass is 290 g/mol. The lowest BCUT2D eigenvalue weighted by Crippen LogP contribution is -2.12. The van der Waals surface area contributed by atoms with Gasteiger partial charge in [0, 0.05) is 25.5 Å². The molecule has 0 aliphatic rings. The van der Waals surface area contributed by atoms with Gasteiger partial charge in [-0.2, -0.15) is 15.0 Å². The topological polar surface area (TPSA) is 77.8 Å². The highest BCUT2D eigenvalue weighted by atomic mass is 16.5. The normalized spacial score (nSPS) is 10.6. The van der Waals surface area contributed by atoms with E-state index in [9.17, 15) is 0 Å². The third kappa shape index (κ3) is 4.14. The minimum absolute atomic E-state index is 0.357. The summed E-state index contributed by atoms with van der Waals surface area (Å²) in [5.74, 6) is 2.15. The molecule has 0 unspecified atom stereocenters. The Bertz CT molecular complexity index is 568. The first-order valence-corrected chi connectivity index (χ1v) is 7.38. The molecule has 2 aromatic heterocycles. The third-order valence-electron chi connectivity index (χ3n) is 2.93. The second-order valence-electron chi connectivity index (χ2n) is 4.52. The van der Waals surface area contributed by atoms with Crippen molar-refractivity contribution in [2.45, 2.75) is 40.2 Å². The van der Waals surface area contributed by atoms with Crippen molar-refractivity contribution in [3.05, 3.63) is 24.0 Å². The Balaban J connectivity index is 2.22. The number of imidazole rings is 1. The molecule has 0 saturated heterocycles. The molecule has 2 rings (SSSR count). The molecule has 0 fully saturated rings. The number of hydrogen-bond acceptors (Lipinski definition) is 6. The Morgan fingerprint density at radius 1 is 1.19 bits per heavy atom. The maximum Gasteiger partial charge on any atom is 0.321 e. The number of ether oxygens (including phenoxy) is 1. The molecule has 7 nitrogen and oxygen atoms in total. The van der Waals surface area contributed by atoms with Crippen molar-refractivity contribution in [1.82, 2.24) is 24.5 Å². The van der Waals surface area contributed by atoms with Crippen LogP contribution >= 0.6 is 0 Å². The van der Waals surface area contributed by atoms with Crippen LogP contribution in [0.1, 0.15) is 38.8 Å². The molecule has 2 aromatic rings. The summed E-state index contributed by atoms with van der Waals surface area (Å²) in [5, 5.41) is 3.17. The zero-order valence-corrected chi connectivity index (χ0v) is 12.8. The Hall–Kier alpha value is -2.18. The Kier molecular flexibility index (Phi) is 5.48. The van der Waals surface area contributed by atoms with Gasteiger partial charge in [-0.3, -0.25) is 0 Å². The van der Waals surface area contributed by atoms with Crippen molar-refractivity contribution in [3.63, 3.8) is 0 Å². The summed E-state index contributed by atoms with van der Waals surface area (Å²) in [7, 11) is 0. The van der Waals surface area contributed by atoms with Gasteiger partial charge < -0.3 is 14.6 Å². The van der Waals surface area contributed by atoms with Crippen LogP contribution in [0.5, 0.6) is 6.01 Å². The van der Waals surface area contributed by atoms with Gasteiger partial charge in [0.05, 0.1) is 13.0 Å². The van der Waals surface area contributed by atoms with Crippen LogP contribution in [0.4, 0.5) is 5.95 Å². The molecule has 0 amide bonds. The summed E-state index contributed by atoms with van der Waals surface area (Å²) >= 11 is 0. The van der Waals surface area contributed by atoms with Crippen molar-refractivity contribution < 1.29 is 4.74 Å². The van der Waals surface area contributed by atoms with E-state index in [0.29, 0.717) is 30.8 Å². The lowest BCUT2D eigenvalue weighted by Gasteiger charge is -2.09. The molecule has 2 heterocycles. The van der Waals surface area contributed by atoms with Crippen LogP contribution in [0.2, 0.25) is 0 Å². The van der Waals surface area contributed by atoms with E-state index in [0.717, 1.165) is 25.3 Å². The van der Waals surface area contributed by atoms with Crippen LogP contribution < -0.4 is 10.1 Å². The SMILES string of the molecule is CCCNc1nc(Cc2nccn2CC)nc(OCC)n1. The standard InChI is InChI=1S/C14H22N6O/c1-4-7-16-13-17-11(18-14(19-13)21-6-3)10-12-15-8-9-20(12)5-2/h8-9H,4-7,10H2,1-3H3,(H,16,17,18,19). The summed E-state index contributed by atoms with van der Waals surface area (Å²) in [6, 6.07) is 0.357. The third-order valence-corrected chi connectivity index (χ3v) is 2.93. The molecule has 0 aromatic carbocycles. The van der Waals surface area contributed by atoms with Gasteiger partial charge in [-0.25, -0.2) is 4.98 Å². The molecular formula is C14H22N6O. The largest absolute Gasteiger partial charge is 0.464 e. The summed E-state index contributed by atoms with van der Waals surface area (Å²) in [4.78, 5) is 17.4. The van der Waals surface area contributed by atoms with E-state index >= 15 is 0 Å². The summed E-state index contributed by atoms with van der Waals surface area (Å²) in [6.07, 6.45) is 5.31. The van der Waals surface area contributed by atoms with Gasteiger partial charge in [0.2, 0.25) is 5.95 Å². The van der Waals surface area contributed by atoms with Crippen LogP contribution in [0.25, 0.3) is 0 Å². The van der Waals surface area contributed by atoms with E-state index in [1.165, 1.54) is 0 Å². The fraction of sp³-hybridized carbons (Fsp3) is 0.571. The van der Waals surface area contributed by atoms with Gasteiger partial charge in [0.15, 0.2) is 0 Å². The highest BCUT2D eigenvalue weighted by Gasteiger charge is 2.10. The first-order valence-electron chi connectivity index (χ1n) is 7.38. The van der Waals surface area contributed by atoms with Gasteiger partial charge >= 0.3 is 6.01 Å². The molecule has 0 atom stereocenters. The van der Waals surface area contributed by atoms with E-state index < -0.39 is 0 Å². The first kappa shape index (κ1) is 15.2. The van der Waals surface area contributed by atoms with Crippen LogP contribution in [0.15, 0.2) is 12.4 Å². The first-order chi connectivity index (χ1) is 10.3. The number of aromatic nitrogens is 5. The van der Waals surface area contributed by atoms with Crippen molar-refractivity contribution in [2.75, 3.05) is 18.5 Å². The lowest BCUT2D eigenvalue weighted by atomic mass is 10.3. The van der Waals surface area contributed by atoms with Crippen molar-refractivity contribution in [3.8, 4) is 6.01 Å². The number of aryl methyl sites for hydroxylation is 1. The lowest BCUT2D eigenvalue weighted by molar-refractivity contribution is 0.310. The highest BCUT2D eigenvalue weighted by molar-refractivity contribution is 5.26. The van der Waals surface area contributed by atoms with Gasteiger partial charge in [0.25, 0.3) is 0 Å². The predicted octanol–water partition coefficient (Wildman–Crippen LogP) is 1.90. The molecular weight excluding hydrogens is 268 g/mol. The molecule has 21 heavy (non-hydrogen) atoms. The van der Waals surface area contributed by atoms with E-state index in [1.807, 2.05) is 13.1 Å². The zero-order valence-electron chi connectivity index (χ0n) is 12.8. The number of hydrogen-bond donors (Lipinski definition) is 1. The number of anilines is 1. The molecule has 7 heteroatoms. The van der Waals surface area contributed by atoms with Crippen molar-refractivity contribution in [2.24, 2.45) is 0 Å². The van der Waals surface area contributed by atoms with Crippen LogP contribution in [0, 0.1) is 0 Å². The fourth-order valence-corrected chi connectivity index (χ4v) is 1.92. The summed E-state index contributed by atoms with van der Waals surface area (Å²) in [5.41, 5.74) is 0. The second kappa shape index (κ2) is 7.56. The van der Waals surface area contributed by atoms with E-state index in [4.69, 9.17) is 4.74 Å².